The smallest absolute Gasteiger partial charge is 0.113 e. The molecule has 0 aliphatic carbocycles. The highest BCUT2D eigenvalue weighted by molar-refractivity contribution is 6.31. The van der Waals surface area contributed by atoms with Gasteiger partial charge >= 0.3 is 0 Å². The molecule has 0 saturated carbocycles. The van der Waals surface area contributed by atoms with Crippen LogP contribution in [0, 0.1) is 0 Å². The first kappa shape index (κ1) is 11.4. The van der Waals surface area contributed by atoms with Crippen molar-refractivity contribution in [2.45, 2.75) is 18.9 Å². The third kappa shape index (κ3) is 2.36. The van der Waals surface area contributed by atoms with Gasteiger partial charge in [0.2, 0.25) is 0 Å². The number of halogens is 1. The van der Waals surface area contributed by atoms with Crippen LogP contribution in [0.15, 0.2) is 30.3 Å². The van der Waals surface area contributed by atoms with Crippen molar-refractivity contribution in [3.63, 3.8) is 0 Å². The van der Waals surface area contributed by atoms with Gasteiger partial charge in [-0.2, -0.15) is 0 Å². The lowest BCUT2D eigenvalue weighted by atomic mass is 10.0. The number of rotatable bonds is 3. The SMILES string of the molecule is CNC(C1=CCCCO1)c1ccncc1Cl. The van der Waals surface area contributed by atoms with Crippen LogP contribution in [-0.2, 0) is 4.74 Å². The highest BCUT2D eigenvalue weighted by atomic mass is 35.5. The molecule has 0 spiro atoms. The second-order valence-electron chi connectivity index (χ2n) is 3.72. The average Bonchev–Trinajstić information content (AvgIpc) is 2.34. The van der Waals surface area contributed by atoms with Crippen molar-refractivity contribution in [2.75, 3.05) is 13.7 Å². The molecule has 0 fully saturated rings. The van der Waals surface area contributed by atoms with Crippen molar-refractivity contribution >= 4 is 11.6 Å². The Balaban J connectivity index is 2.28. The van der Waals surface area contributed by atoms with E-state index in [0.717, 1.165) is 30.8 Å². The number of hydrogen-bond donors (Lipinski definition) is 1. The van der Waals surface area contributed by atoms with Gasteiger partial charge in [0.15, 0.2) is 0 Å². The van der Waals surface area contributed by atoms with Crippen LogP contribution in [-0.4, -0.2) is 18.6 Å². The molecular formula is C12H15ClN2O. The van der Waals surface area contributed by atoms with Gasteiger partial charge in [-0.1, -0.05) is 11.6 Å². The molecule has 1 N–H and O–H groups in total. The van der Waals surface area contributed by atoms with Crippen molar-refractivity contribution in [1.29, 1.82) is 0 Å². The highest BCUT2D eigenvalue weighted by Gasteiger charge is 2.20. The molecule has 4 heteroatoms. The maximum Gasteiger partial charge on any atom is 0.113 e. The zero-order chi connectivity index (χ0) is 11.4. The van der Waals surface area contributed by atoms with Gasteiger partial charge < -0.3 is 10.1 Å². The third-order valence-corrected chi connectivity index (χ3v) is 2.97. The van der Waals surface area contributed by atoms with E-state index < -0.39 is 0 Å². The molecule has 0 aromatic carbocycles. The predicted octanol–water partition coefficient (Wildman–Crippen LogP) is 2.69. The minimum Gasteiger partial charge on any atom is -0.496 e. The van der Waals surface area contributed by atoms with Crippen molar-refractivity contribution in [3.05, 3.63) is 40.9 Å². The zero-order valence-corrected chi connectivity index (χ0v) is 10.00. The second-order valence-corrected chi connectivity index (χ2v) is 4.12. The fraction of sp³-hybridized carbons (Fsp3) is 0.417. The van der Waals surface area contributed by atoms with Gasteiger partial charge in [0.05, 0.1) is 17.7 Å². The molecule has 3 nitrogen and oxygen atoms in total. The zero-order valence-electron chi connectivity index (χ0n) is 9.24. The van der Waals surface area contributed by atoms with E-state index in [1.165, 1.54) is 0 Å². The largest absolute Gasteiger partial charge is 0.496 e. The van der Waals surface area contributed by atoms with E-state index in [4.69, 9.17) is 16.3 Å². The molecule has 1 aromatic heterocycles. The van der Waals surface area contributed by atoms with Crippen LogP contribution in [0.4, 0.5) is 0 Å². The van der Waals surface area contributed by atoms with E-state index in [1.54, 1.807) is 12.4 Å². The summed E-state index contributed by atoms with van der Waals surface area (Å²) in [5.74, 6) is 0.960. The number of ether oxygens (including phenoxy) is 1. The minimum absolute atomic E-state index is 0.0239. The molecular weight excluding hydrogens is 224 g/mol. The van der Waals surface area contributed by atoms with Gasteiger partial charge in [-0.15, -0.1) is 0 Å². The summed E-state index contributed by atoms with van der Waals surface area (Å²) in [5, 5.41) is 3.89. The fourth-order valence-corrected chi connectivity index (χ4v) is 2.08. The van der Waals surface area contributed by atoms with E-state index >= 15 is 0 Å². The Morgan fingerprint density at radius 1 is 1.56 bits per heavy atom. The van der Waals surface area contributed by atoms with E-state index in [1.807, 2.05) is 13.1 Å². The lowest BCUT2D eigenvalue weighted by Crippen LogP contribution is -2.22. The van der Waals surface area contributed by atoms with Crippen molar-refractivity contribution in [3.8, 4) is 0 Å². The van der Waals surface area contributed by atoms with Gasteiger partial charge in [0, 0.05) is 12.4 Å². The molecule has 0 bridgehead atoms. The van der Waals surface area contributed by atoms with E-state index in [0.29, 0.717) is 5.02 Å². The Morgan fingerprint density at radius 2 is 2.44 bits per heavy atom. The van der Waals surface area contributed by atoms with Crippen LogP contribution in [0.5, 0.6) is 0 Å². The van der Waals surface area contributed by atoms with Gasteiger partial charge in [0.1, 0.15) is 5.76 Å². The molecule has 0 saturated heterocycles. The molecule has 1 atom stereocenters. The monoisotopic (exact) mass is 238 g/mol. The van der Waals surface area contributed by atoms with Gasteiger partial charge in [0.25, 0.3) is 0 Å². The Kier molecular flexibility index (Phi) is 3.80. The minimum atomic E-state index is 0.0239. The number of nitrogens with one attached hydrogen (secondary N) is 1. The van der Waals surface area contributed by atoms with Crippen molar-refractivity contribution < 1.29 is 4.74 Å². The molecule has 1 aromatic rings. The predicted molar refractivity (Wildman–Crippen MR) is 64.3 cm³/mol. The van der Waals surface area contributed by atoms with E-state index in [9.17, 15) is 0 Å². The first-order valence-electron chi connectivity index (χ1n) is 5.42. The second kappa shape index (κ2) is 5.32. The van der Waals surface area contributed by atoms with Gasteiger partial charge in [-0.05, 0) is 37.6 Å². The van der Waals surface area contributed by atoms with Gasteiger partial charge in [-0.3, -0.25) is 4.98 Å². The number of pyridine rings is 1. The topological polar surface area (TPSA) is 34.1 Å². The summed E-state index contributed by atoms with van der Waals surface area (Å²) in [7, 11) is 1.90. The number of aromatic nitrogens is 1. The molecule has 0 amide bonds. The first-order chi connectivity index (χ1) is 7.83. The number of allylic oxidation sites excluding steroid dienone is 1. The van der Waals surface area contributed by atoms with Gasteiger partial charge in [-0.25, -0.2) is 0 Å². The molecule has 1 aliphatic heterocycles. The van der Waals surface area contributed by atoms with Crippen molar-refractivity contribution in [2.24, 2.45) is 0 Å². The summed E-state index contributed by atoms with van der Waals surface area (Å²) < 4.78 is 5.66. The van der Waals surface area contributed by atoms with Crippen LogP contribution >= 0.6 is 11.6 Å². The molecule has 86 valence electrons. The number of likely N-dealkylation sites (N-methyl/N-ethyl adjacent to an activating group) is 1. The standard InChI is InChI=1S/C12H15ClN2O/c1-14-12(11-4-2-3-7-16-11)9-5-6-15-8-10(9)13/h4-6,8,12,14H,2-3,7H2,1H3. The molecule has 2 heterocycles. The Hall–Kier alpha value is -1.06. The summed E-state index contributed by atoms with van der Waals surface area (Å²) >= 11 is 6.13. The Bertz CT molecular complexity index is 392. The quantitative estimate of drug-likeness (QED) is 0.879. The molecule has 16 heavy (non-hydrogen) atoms. The summed E-state index contributed by atoms with van der Waals surface area (Å²) in [6, 6.07) is 1.94. The summed E-state index contributed by atoms with van der Waals surface area (Å²) in [6.45, 7) is 0.784. The normalized spacial score (nSPS) is 17.5. The molecule has 1 aliphatic rings. The molecule has 2 rings (SSSR count). The van der Waals surface area contributed by atoms with E-state index in [-0.39, 0.29) is 6.04 Å². The van der Waals surface area contributed by atoms with Crippen LogP contribution in [0.2, 0.25) is 5.02 Å². The van der Waals surface area contributed by atoms with Crippen molar-refractivity contribution in [1.82, 2.24) is 10.3 Å². The van der Waals surface area contributed by atoms with Crippen LogP contribution in [0.25, 0.3) is 0 Å². The van der Waals surface area contributed by atoms with E-state index in [2.05, 4.69) is 16.4 Å². The van der Waals surface area contributed by atoms with Crippen LogP contribution in [0.1, 0.15) is 24.4 Å². The Labute approximate surface area is 100 Å². The lowest BCUT2D eigenvalue weighted by Gasteiger charge is -2.24. The number of nitrogens with zero attached hydrogens (tertiary/aromatic N) is 1. The summed E-state index contributed by atoms with van der Waals surface area (Å²) in [6.07, 6.45) is 7.68. The third-order valence-electron chi connectivity index (χ3n) is 2.65. The maximum absolute atomic E-state index is 6.13. The van der Waals surface area contributed by atoms with Crippen LogP contribution in [0.3, 0.4) is 0 Å². The molecule has 1 unspecified atom stereocenters. The molecule has 0 radical (unpaired) electrons. The fourth-order valence-electron chi connectivity index (χ4n) is 1.85. The lowest BCUT2D eigenvalue weighted by molar-refractivity contribution is 0.169. The maximum atomic E-state index is 6.13. The summed E-state index contributed by atoms with van der Waals surface area (Å²) in [5.41, 5.74) is 1.01. The average molecular weight is 239 g/mol. The van der Waals surface area contributed by atoms with Crippen LogP contribution < -0.4 is 5.32 Å². The summed E-state index contributed by atoms with van der Waals surface area (Å²) in [4.78, 5) is 3.99. The first-order valence-corrected chi connectivity index (χ1v) is 5.80. The Morgan fingerprint density at radius 3 is 3.06 bits per heavy atom. The number of hydrogen-bond acceptors (Lipinski definition) is 3. The highest BCUT2D eigenvalue weighted by Crippen LogP contribution is 2.29.